The summed E-state index contributed by atoms with van der Waals surface area (Å²) in [5.41, 5.74) is 1.31. The van der Waals surface area contributed by atoms with Crippen molar-refractivity contribution in [1.29, 1.82) is 0 Å². The summed E-state index contributed by atoms with van der Waals surface area (Å²) in [6.07, 6.45) is 0.682. The van der Waals surface area contributed by atoms with Crippen molar-refractivity contribution in [3.8, 4) is 0 Å². The predicted octanol–water partition coefficient (Wildman–Crippen LogP) is 2.06. The summed E-state index contributed by atoms with van der Waals surface area (Å²) < 4.78 is 5.01. The second-order valence-corrected chi connectivity index (χ2v) is 4.81. The molecule has 1 aromatic rings. The van der Waals surface area contributed by atoms with Crippen LogP contribution in [0.3, 0.4) is 0 Å². The SMILES string of the molecule is CCC(C)[C@H](NC(=O)c1cccc(COC)c1)C(=O)O. The normalized spacial score (nSPS) is 13.6. The third-order valence-corrected chi connectivity index (χ3v) is 3.27. The van der Waals surface area contributed by atoms with Crippen LogP contribution >= 0.6 is 0 Å². The molecule has 20 heavy (non-hydrogen) atoms. The summed E-state index contributed by atoms with van der Waals surface area (Å²) in [5.74, 6) is -1.52. The molecule has 0 fully saturated rings. The molecule has 110 valence electrons. The summed E-state index contributed by atoms with van der Waals surface area (Å²) in [5, 5.41) is 11.7. The highest BCUT2D eigenvalue weighted by Crippen LogP contribution is 2.11. The van der Waals surface area contributed by atoms with Gasteiger partial charge in [0.2, 0.25) is 0 Å². The minimum atomic E-state index is -1.01. The van der Waals surface area contributed by atoms with E-state index in [0.717, 1.165) is 5.56 Å². The van der Waals surface area contributed by atoms with E-state index in [9.17, 15) is 14.7 Å². The van der Waals surface area contributed by atoms with Gasteiger partial charge in [0.25, 0.3) is 5.91 Å². The van der Waals surface area contributed by atoms with E-state index in [4.69, 9.17) is 4.74 Å². The van der Waals surface area contributed by atoms with Gasteiger partial charge in [-0.25, -0.2) is 4.79 Å². The van der Waals surface area contributed by atoms with Crippen molar-refractivity contribution < 1.29 is 19.4 Å². The lowest BCUT2D eigenvalue weighted by Crippen LogP contribution is -2.45. The molecule has 0 heterocycles. The number of amides is 1. The molecule has 1 aromatic carbocycles. The number of ether oxygens (including phenoxy) is 1. The van der Waals surface area contributed by atoms with E-state index in [1.807, 2.05) is 13.0 Å². The first kappa shape index (κ1) is 16.2. The Morgan fingerprint density at radius 1 is 1.40 bits per heavy atom. The molecule has 2 atom stereocenters. The quantitative estimate of drug-likeness (QED) is 0.801. The number of benzene rings is 1. The van der Waals surface area contributed by atoms with Crippen molar-refractivity contribution in [2.75, 3.05) is 7.11 Å². The Hall–Kier alpha value is -1.88. The molecule has 0 aromatic heterocycles. The van der Waals surface area contributed by atoms with E-state index in [-0.39, 0.29) is 11.8 Å². The average Bonchev–Trinajstić information content (AvgIpc) is 2.44. The van der Waals surface area contributed by atoms with Gasteiger partial charge in [0, 0.05) is 12.7 Å². The molecule has 0 saturated heterocycles. The maximum Gasteiger partial charge on any atom is 0.326 e. The van der Waals surface area contributed by atoms with Crippen LogP contribution in [-0.4, -0.2) is 30.1 Å². The summed E-state index contributed by atoms with van der Waals surface area (Å²) in [6.45, 7) is 4.11. The molecule has 0 aliphatic rings. The molecule has 0 radical (unpaired) electrons. The van der Waals surface area contributed by atoms with Crippen LogP contribution in [0.2, 0.25) is 0 Å². The molecule has 1 rings (SSSR count). The van der Waals surface area contributed by atoms with Gasteiger partial charge in [-0.3, -0.25) is 4.79 Å². The van der Waals surface area contributed by atoms with Crippen LogP contribution < -0.4 is 5.32 Å². The summed E-state index contributed by atoms with van der Waals surface area (Å²) >= 11 is 0. The number of aliphatic carboxylic acids is 1. The van der Waals surface area contributed by atoms with Crippen molar-refractivity contribution in [1.82, 2.24) is 5.32 Å². The molecule has 5 nitrogen and oxygen atoms in total. The fourth-order valence-corrected chi connectivity index (χ4v) is 1.88. The fourth-order valence-electron chi connectivity index (χ4n) is 1.88. The van der Waals surface area contributed by atoms with Crippen molar-refractivity contribution in [2.45, 2.75) is 32.9 Å². The van der Waals surface area contributed by atoms with Gasteiger partial charge in [0.05, 0.1) is 6.61 Å². The van der Waals surface area contributed by atoms with Gasteiger partial charge in [0.15, 0.2) is 0 Å². The lowest BCUT2D eigenvalue weighted by molar-refractivity contribution is -0.140. The molecule has 0 spiro atoms. The third-order valence-electron chi connectivity index (χ3n) is 3.27. The zero-order chi connectivity index (χ0) is 15.1. The monoisotopic (exact) mass is 279 g/mol. The number of rotatable bonds is 7. The molecule has 0 aliphatic heterocycles. The van der Waals surface area contributed by atoms with E-state index in [0.29, 0.717) is 18.6 Å². The molecule has 1 unspecified atom stereocenters. The lowest BCUT2D eigenvalue weighted by atomic mass is 9.99. The van der Waals surface area contributed by atoms with Gasteiger partial charge in [-0.05, 0) is 23.6 Å². The van der Waals surface area contributed by atoms with E-state index in [1.54, 1.807) is 32.2 Å². The Labute approximate surface area is 118 Å². The van der Waals surface area contributed by atoms with Gasteiger partial charge >= 0.3 is 5.97 Å². The maximum absolute atomic E-state index is 12.1. The number of carboxylic acid groups (broad SMARTS) is 1. The second-order valence-electron chi connectivity index (χ2n) is 4.81. The zero-order valence-electron chi connectivity index (χ0n) is 12.1. The number of nitrogens with one attached hydrogen (secondary N) is 1. The topological polar surface area (TPSA) is 75.6 Å². The molecule has 0 saturated carbocycles. The largest absolute Gasteiger partial charge is 0.480 e. The first-order chi connectivity index (χ1) is 9.49. The summed E-state index contributed by atoms with van der Waals surface area (Å²) in [6, 6.07) is 6.09. The van der Waals surface area contributed by atoms with Gasteiger partial charge in [-0.2, -0.15) is 0 Å². The van der Waals surface area contributed by atoms with E-state index >= 15 is 0 Å². The van der Waals surface area contributed by atoms with Gasteiger partial charge < -0.3 is 15.2 Å². The van der Waals surface area contributed by atoms with Crippen molar-refractivity contribution >= 4 is 11.9 Å². The second kappa shape index (κ2) is 7.65. The first-order valence-electron chi connectivity index (χ1n) is 6.61. The zero-order valence-corrected chi connectivity index (χ0v) is 12.1. The van der Waals surface area contributed by atoms with E-state index < -0.39 is 12.0 Å². The Balaban J connectivity index is 2.83. The van der Waals surface area contributed by atoms with Gasteiger partial charge in [0.1, 0.15) is 6.04 Å². The Kier molecular flexibility index (Phi) is 6.18. The Bertz CT molecular complexity index is 473. The lowest BCUT2D eigenvalue weighted by Gasteiger charge is -2.20. The molecule has 5 heteroatoms. The van der Waals surface area contributed by atoms with Crippen molar-refractivity contribution in [3.05, 3.63) is 35.4 Å². The first-order valence-corrected chi connectivity index (χ1v) is 6.61. The minimum absolute atomic E-state index is 0.126. The number of methoxy groups -OCH3 is 1. The molecular weight excluding hydrogens is 258 g/mol. The highest BCUT2D eigenvalue weighted by Gasteiger charge is 2.25. The van der Waals surface area contributed by atoms with Crippen LogP contribution in [0, 0.1) is 5.92 Å². The van der Waals surface area contributed by atoms with Crippen LogP contribution in [0.5, 0.6) is 0 Å². The Morgan fingerprint density at radius 3 is 2.65 bits per heavy atom. The van der Waals surface area contributed by atoms with Gasteiger partial charge in [-0.15, -0.1) is 0 Å². The molecule has 2 N–H and O–H groups in total. The minimum Gasteiger partial charge on any atom is -0.480 e. The predicted molar refractivity (Wildman–Crippen MR) is 75.5 cm³/mol. The number of carbonyl (C=O) groups excluding carboxylic acids is 1. The highest BCUT2D eigenvalue weighted by molar-refractivity contribution is 5.96. The van der Waals surface area contributed by atoms with Gasteiger partial charge in [-0.1, -0.05) is 32.4 Å². The molecular formula is C15H21NO4. The van der Waals surface area contributed by atoms with Crippen molar-refractivity contribution in [3.63, 3.8) is 0 Å². The van der Waals surface area contributed by atoms with Crippen LogP contribution in [0.4, 0.5) is 0 Å². The number of hydrogen-bond donors (Lipinski definition) is 2. The smallest absolute Gasteiger partial charge is 0.326 e. The number of carbonyl (C=O) groups is 2. The van der Waals surface area contributed by atoms with Crippen LogP contribution in [0.1, 0.15) is 36.2 Å². The Morgan fingerprint density at radius 2 is 2.10 bits per heavy atom. The third kappa shape index (κ3) is 4.35. The summed E-state index contributed by atoms with van der Waals surface area (Å²) in [4.78, 5) is 23.3. The standard InChI is InChI=1S/C15H21NO4/c1-4-10(2)13(15(18)19)16-14(17)12-7-5-6-11(8-12)9-20-3/h5-8,10,13H,4,9H2,1-3H3,(H,16,17)(H,18,19)/t10?,13-/m0/s1. The maximum atomic E-state index is 12.1. The van der Waals surface area contributed by atoms with Crippen LogP contribution in [-0.2, 0) is 16.1 Å². The van der Waals surface area contributed by atoms with E-state index in [2.05, 4.69) is 5.32 Å². The molecule has 0 aliphatic carbocycles. The van der Waals surface area contributed by atoms with Crippen LogP contribution in [0.25, 0.3) is 0 Å². The molecule has 1 amide bonds. The fraction of sp³-hybridized carbons (Fsp3) is 0.467. The van der Waals surface area contributed by atoms with Crippen LogP contribution in [0.15, 0.2) is 24.3 Å². The number of carboxylic acids is 1. The summed E-state index contributed by atoms with van der Waals surface area (Å²) in [7, 11) is 1.58. The van der Waals surface area contributed by atoms with E-state index in [1.165, 1.54) is 0 Å². The average molecular weight is 279 g/mol. The molecule has 0 bridgehead atoms. The number of hydrogen-bond acceptors (Lipinski definition) is 3. The highest BCUT2D eigenvalue weighted by atomic mass is 16.5. The van der Waals surface area contributed by atoms with Crippen molar-refractivity contribution in [2.24, 2.45) is 5.92 Å².